The van der Waals surface area contributed by atoms with Crippen molar-refractivity contribution in [2.45, 2.75) is 44.7 Å². The van der Waals surface area contributed by atoms with Crippen molar-refractivity contribution in [3.05, 3.63) is 0 Å². The molecule has 1 rings (SSSR count). The van der Waals surface area contributed by atoms with E-state index in [9.17, 15) is 4.79 Å². The lowest BCUT2D eigenvalue weighted by Gasteiger charge is -2.07. The van der Waals surface area contributed by atoms with Gasteiger partial charge in [0.05, 0.1) is 0 Å². The third kappa shape index (κ3) is 3.37. The second kappa shape index (κ2) is 3.72. The minimum absolute atomic E-state index is 0.0359. The number of hydrogen-bond donors (Lipinski definition) is 2. The van der Waals surface area contributed by atoms with E-state index in [1.54, 1.807) is 0 Å². The van der Waals surface area contributed by atoms with Crippen molar-refractivity contribution in [3.63, 3.8) is 0 Å². The molecule has 0 spiro atoms. The first-order valence-corrected chi connectivity index (χ1v) is 4.27. The fourth-order valence-electron chi connectivity index (χ4n) is 0.897. The van der Waals surface area contributed by atoms with Crippen molar-refractivity contribution in [3.8, 4) is 0 Å². The Balaban J connectivity index is 2.08. The van der Waals surface area contributed by atoms with Crippen LogP contribution in [0.25, 0.3) is 0 Å². The van der Waals surface area contributed by atoms with Crippen LogP contribution in [0.4, 0.5) is 0 Å². The van der Waals surface area contributed by atoms with E-state index < -0.39 is 0 Å². The van der Waals surface area contributed by atoms with Gasteiger partial charge < -0.3 is 11.1 Å². The van der Waals surface area contributed by atoms with Crippen molar-refractivity contribution in [2.24, 2.45) is 5.73 Å². The van der Waals surface area contributed by atoms with Gasteiger partial charge in [-0.3, -0.25) is 4.79 Å². The Kier molecular flexibility index (Phi) is 2.88. The molecule has 0 aromatic carbocycles. The summed E-state index contributed by atoms with van der Waals surface area (Å²) in [7, 11) is 0. The lowest BCUT2D eigenvalue weighted by atomic mass is 10.1. The zero-order valence-corrected chi connectivity index (χ0v) is 6.97. The molecule has 1 saturated carbocycles. The molecule has 0 saturated heterocycles. The second-order valence-corrected chi connectivity index (χ2v) is 3.21. The van der Waals surface area contributed by atoms with Gasteiger partial charge in [0.15, 0.2) is 0 Å². The maximum absolute atomic E-state index is 11.1. The minimum Gasteiger partial charge on any atom is -0.353 e. The van der Waals surface area contributed by atoms with Gasteiger partial charge in [-0.15, -0.1) is 0 Å². The summed E-state index contributed by atoms with van der Waals surface area (Å²) < 4.78 is 0. The largest absolute Gasteiger partial charge is 0.353 e. The highest BCUT2D eigenvalue weighted by Crippen LogP contribution is 2.18. The van der Waals surface area contributed by atoms with Crippen LogP contribution >= 0.6 is 0 Å². The second-order valence-electron chi connectivity index (χ2n) is 3.21. The molecule has 1 aliphatic carbocycles. The zero-order valence-electron chi connectivity index (χ0n) is 6.97. The standard InChI is InChI=1S/C8H16N2O/c1-2-6(9)5-8(11)10-7-3-4-7/h6-7H,2-5,9H2,1H3,(H,10,11). The third-order valence-corrected chi connectivity index (χ3v) is 1.91. The zero-order chi connectivity index (χ0) is 8.27. The smallest absolute Gasteiger partial charge is 0.221 e. The summed E-state index contributed by atoms with van der Waals surface area (Å²) >= 11 is 0. The fraction of sp³-hybridized carbons (Fsp3) is 0.875. The summed E-state index contributed by atoms with van der Waals surface area (Å²) in [6.07, 6.45) is 3.64. The first kappa shape index (κ1) is 8.53. The number of carbonyl (C=O) groups excluding carboxylic acids is 1. The van der Waals surface area contributed by atoms with Crippen LogP contribution in [0.3, 0.4) is 0 Å². The number of nitrogens with two attached hydrogens (primary N) is 1. The Morgan fingerprint density at radius 3 is 2.82 bits per heavy atom. The SMILES string of the molecule is CCC(N)CC(=O)NC1CC1. The van der Waals surface area contributed by atoms with Gasteiger partial charge >= 0.3 is 0 Å². The Labute approximate surface area is 67.3 Å². The summed E-state index contributed by atoms with van der Waals surface area (Å²) in [5, 5.41) is 2.90. The average molecular weight is 156 g/mol. The van der Waals surface area contributed by atoms with Gasteiger partial charge in [0, 0.05) is 18.5 Å². The van der Waals surface area contributed by atoms with Gasteiger partial charge in [-0.05, 0) is 19.3 Å². The Morgan fingerprint density at radius 2 is 2.36 bits per heavy atom. The number of hydrogen-bond acceptors (Lipinski definition) is 2. The molecule has 1 atom stereocenters. The van der Waals surface area contributed by atoms with Crippen molar-refractivity contribution in [1.29, 1.82) is 0 Å². The highest BCUT2D eigenvalue weighted by Gasteiger charge is 2.23. The van der Waals surface area contributed by atoms with Crippen LogP contribution in [-0.2, 0) is 4.79 Å². The molecule has 0 aromatic heterocycles. The summed E-state index contributed by atoms with van der Waals surface area (Å²) in [5.74, 6) is 0.113. The highest BCUT2D eigenvalue weighted by molar-refractivity contribution is 5.77. The van der Waals surface area contributed by atoms with Gasteiger partial charge in [0.25, 0.3) is 0 Å². The molecule has 11 heavy (non-hydrogen) atoms. The molecule has 1 aliphatic rings. The van der Waals surface area contributed by atoms with Gasteiger partial charge in [-0.2, -0.15) is 0 Å². The van der Waals surface area contributed by atoms with E-state index in [0.717, 1.165) is 19.3 Å². The van der Waals surface area contributed by atoms with Crippen LogP contribution in [0, 0.1) is 0 Å². The molecule has 0 bridgehead atoms. The predicted octanol–water partition coefficient (Wildman–Crippen LogP) is 0.392. The normalized spacial score (nSPS) is 19.5. The van der Waals surface area contributed by atoms with Gasteiger partial charge in [0.2, 0.25) is 5.91 Å². The first-order chi connectivity index (χ1) is 5.22. The van der Waals surface area contributed by atoms with Crippen molar-refractivity contribution < 1.29 is 4.79 Å². The molecule has 1 fully saturated rings. The molecule has 3 N–H and O–H groups in total. The predicted molar refractivity (Wildman–Crippen MR) is 44.0 cm³/mol. The van der Waals surface area contributed by atoms with E-state index in [4.69, 9.17) is 5.73 Å². The molecule has 1 unspecified atom stereocenters. The quantitative estimate of drug-likeness (QED) is 0.618. The molecular weight excluding hydrogens is 140 g/mol. The molecular formula is C8H16N2O. The Hall–Kier alpha value is -0.570. The summed E-state index contributed by atoms with van der Waals surface area (Å²) in [6, 6.07) is 0.500. The Bertz CT molecular complexity index is 143. The summed E-state index contributed by atoms with van der Waals surface area (Å²) in [4.78, 5) is 11.1. The molecule has 0 radical (unpaired) electrons. The van der Waals surface area contributed by atoms with E-state index in [1.165, 1.54) is 0 Å². The number of carbonyl (C=O) groups is 1. The van der Waals surface area contributed by atoms with E-state index in [-0.39, 0.29) is 11.9 Å². The maximum atomic E-state index is 11.1. The highest BCUT2D eigenvalue weighted by atomic mass is 16.1. The molecule has 0 aliphatic heterocycles. The fourth-order valence-corrected chi connectivity index (χ4v) is 0.897. The van der Waals surface area contributed by atoms with E-state index in [1.807, 2.05) is 6.92 Å². The first-order valence-electron chi connectivity index (χ1n) is 4.27. The van der Waals surface area contributed by atoms with Crippen LogP contribution in [0.5, 0.6) is 0 Å². The van der Waals surface area contributed by atoms with Crippen LogP contribution in [0.15, 0.2) is 0 Å². The monoisotopic (exact) mass is 156 g/mol. The number of rotatable bonds is 4. The topological polar surface area (TPSA) is 55.1 Å². The molecule has 0 aromatic rings. The van der Waals surface area contributed by atoms with E-state index >= 15 is 0 Å². The molecule has 0 heterocycles. The van der Waals surface area contributed by atoms with Crippen LogP contribution in [0.2, 0.25) is 0 Å². The molecule has 3 nitrogen and oxygen atoms in total. The van der Waals surface area contributed by atoms with Gasteiger partial charge in [-0.1, -0.05) is 6.92 Å². The summed E-state index contributed by atoms with van der Waals surface area (Å²) in [6.45, 7) is 2.00. The summed E-state index contributed by atoms with van der Waals surface area (Å²) in [5.41, 5.74) is 5.61. The third-order valence-electron chi connectivity index (χ3n) is 1.91. The van der Waals surface area contributed by atoms with Crippen LogP contribution in [0.1, 0.15) is 32.6 Å². The lowest BCUT2D eigenvalue weighted by molar-refractivity contribution is -0.121. The Morgan fingerprint density at radius 1 is 1.73 bits per heavy atom. The van der Waals surface area contributed by atoms with Crippen LogP contribution < -0.4 is 11.1 Å². The van der Waals surface area contributed by atoms with Gasteiger partial charge in [0.1, 0.15) is 0 Å². The molecule has 1 amide bonds. The molecule has 64 valence electrons. The van der Waals surface area contributed by atoms with E-state index in [2.05, 4.69) is 5.32 Å². The van der Waals surface area contributed by atoms with E-state index in [0.29, 0.717) is 12.5 Å². The average Bonchev–Trinajstić information content (AvgIpc) is 2.71. The molecule has 3 heteroatoms. The van der Waals surface area contributed by atoms with Crippen LogP contribution in [-0.4, -0.2) is 18.0 Å². The van der Waals surface area contributed by atoms with Crippen molar-refractivity contribution >= 4 is 5.91 Å². The van der Waals surface area contributed by atoms with Crippen molar-refractivity contribution in [2.75, 3.05) is 0 Å². The minimum atomic E-state index is 0.0359. The van der Waals surface area contributed by atoms with Gasteiger partial charge in [-0.25, -0.2) is 0 Å². The number of amides is 1. The van der Waals surface area contributed by atoms with Crippen molar-refractivity contribution in [1.82, 2.24) is 5.32 Å². The number of nitrogens with one attached hydrogen (secondary N) is 1. The maximum Gasteiger partial charge on any atom is 0.221 e. The lowest BCUT2D eigenvalue weighted by Crippen LogP contribution is -2.32.